The van der Waals surface area contributed by atoms with Crippen molar-refractivity contribution in [2.24, 2.45) is 13.0 Å². The summed E-state index contributed by atoms with van der Waals surface area (Å²) < 4.78 is 13.8. The Bertz CT molecular complexity index is 1300. The monoisotopic (exact) mass is 521 g/mol. The second kappa shape index (κ2) is 11.6. The molecule has 3 atom stereocenters. The van der Waals surface area contributed by atoms with Crippen LogP contribution in [0.25, 0.3) is 22.0 Å². The predicted molar refractivity (Wildman–Crippen MR) is 148 cm³/mol. The number of ether oxygens (including phenoxy) is 2. The Kier molecular flexibility index (Phi) is 8.43. The number of para-hydroxylation sites is 1. The molecule has 38 heavy (non-hydrogen) atoms. The van der Waals surface area contributed by atoms with Gasteiger partial charge >= 0.3 is 6.09 Å². The molecule has 3 aromatic rings. The highest BCUT2D eigenvalue weighted by Crippen LogP contribution is 2.38. The maximum absolute atomic E-state index is 14.3. The molecule has 8 nitrogen and oxygen atoms in total. The Labute approximate surface area is 224 Å². The van der Waals surface area contributed by atoms with Crippen LogP contribution in [0.15, 0.2) is 48.5 Å². The van der Waals surface area contributed by atoms with E-state index < -0.39 is 12.1 Å². The second-order valence-corrected chi connectivity index (χ2v) is 10.6. The average Bonchev–Trinajstić information content (AvgIpc) is 3.19. The van der Waals surface area contributed by atoms with Crippen molar-refractivity contribution in [1.29, 1.82) is 0 Å². The Morgan fingerprint density at radius 1 is 1.16 bits per heavy atom. The lowest BCUT2D eigenvalue weighted by Gasteiger charge is -2.35. The standard InChI is InChI=1S/C30H39N3O5/c1-19(2)38-30(36)31(5)16-26-20(3)15-33(21(4)17-34)29(35)28-27(23-12-8-7-11-22(23)18-37-26)24-13-9-10-14-25(24)32(28)6/h7-14,19-21,26,34H,15-18H2,1-6H3/t20-,21-,26-/m1/s1. The van der Waals surface area contributed by atoms with Crippen molar-refractivity contribution in [2.45, 2.75) is 52.6 Å². The number of aliphatic hydroxyl groups excluding tert-OH is 1. The number of aliphatic hydroxyl groups is 1. The van der Waals surface area contributed by atoms with Gasteiger partial charge in [0.2, 0.25) is 0 Å². The van der Waals surface area contributed by atoms with Crippen LogP contribution in [0.5, 0.6) is 0 Å². The molecular formula is C30H39N3O5. The van der Waals surface area contributed by atoms with Crippen molar-refractivity contribution >= 4 is 22.9 Å². The Morgan fingerprint density at radius 3 is 2.55 bits per heavy atom. The molecule has 0 saturated heterocycles. The van der Waals surface area contributed by atoms with E-state index in [0.717, 1.165) is 27.6 Å². The first-order valence-corrected chi connectivity index (χ1v) is 13.2. The SMILES string of the molecule is CC(C)OC(=O)N(C)C[C@H]1OCc2ccccc2-c2c(n(C)c3ccccc23)C(=O)N([C@H](C)CO)C[C@H]1C. The van der Waals surface area contributed by atoms with Crippen molar-refractivity contribution in [1.82, 2.24) is 14.4 Å². The summed E-state index contributed by atoms with van der Waals surface area (Å²) in [5.74, 6) is -0.277. The number of carbonyl (C=O) groups excluding carboxylic acids is 2. The molecule has 0 unspecified atom stereocenters. The summed E-state index contributed by atoms with van der Waals surface area (Å²) in [6.45, 7) is 8.32. The molecule has 0 bridgehead atoms. The molecule has 8 heteroatoms. The van der Waals surface area contributed by atoms with E-state index in [1.165, 1.54) is 4.90 Å². The third-order valence-corrected chi connectivity index (χ3v) is 7.33. The number of amides is 2. The molecule has 2 amide bonds. The van der Waals surface area contributed by atoms with Gasteiger partial charge in [0.15, 0.2) is 0 Å². The van der Waals surface area contributed by atoms with Gasteiger partial charge in [0, 0.05) is 43.0 Å². The van der Waals surface area contributed by atoms with Gasteiger partial charge in [-0.3, -0.25) is 4.79 Å². The van der Waals surface area contributed by atoms with E-state index >= 15 is 0 Å². The van der Waals surface area contributed by atoms with E-state index in [1.54, 1.807) is 11.9 Å². The normalized spacial score (nSPS) is 19.1. The zero-order valence-electron chi connectivity index (χ0n) is 23.2. The maximum atomic E-state index is 14.3. The molecule has 2 heterocycles. The number of hydrogen-bond acceptors (Lipinski definition) is 5. The van der Waals surface area contributed by atoms with Crippen LogP contribution in [0.3, 0.4) is 0 Å². The number of aryl methyl sites for hydroxylation is 1. The molecule has 0 aliphatic carbocycles. The number of aromatic nitrogens is 1. The number of benzene rings is 2. The smallest absolute Gasteiger partial charge is 0.409 e. The van der Waals surface area contributed by atoms with E-state index in [4.69, 9.17) is 9.47 Å². The van der Waals surface area contributed by atoms with Gasteiger partial charge < -0.3 is 28.9 Å². The van der Waals surface area contributed by atoms with Crippen LogP contribution in [-0.2, 0) is 23.1 Å². The van der Waals surface area contributed by atoms with Crippen molar-refractivity contribution in [2.75, 3.05) is 26.7 Å². The Balaban J connectivity index is 1.84. The van der Waals surface area contributed by atoms with E-state index in [9.17, 15) is 14.7 Å². The molecule has 204 valence electrons. The van der Waals surface area contributed by atoms with Crippen LogP contribution in [0.4, 0.5) is 4.79 Å². The number of rotatable bonds is 5. The van der Waals surface area contributed by atoms with Crippen LogP contribution in [0, 0.1) is 5.92 Å². The molecule has 2 aromatic carbocycles. The lowest BCUT2D eigenvalue weighted by molar-refractivity contribution is -0.0246. The molecule has 0 saturated carbocycles. The summed E-state index contributed by atoms with van der Waals surface area (Å²) >= 11 is 0. The fourth-order valence-corrected chi connectivity index (χ4v) is 5.16. The van der Waals surface area contributed by atoms with Crippen molar-refractivity contribution in [3.63, 3.8) is 0 Å². The first-order chi connectivity index (χ1) is 18.1. The number of likely N-dealkylation sites (N-methyl/N-ethyl adjacent to an activating group) is 1. The zero-order chi connectivity index (χ0) is 27.6. The topological polar surface area (TPSA) is 84.2 Å². The van der Waals surface area contributed by atoms with Gasteiger partial charge in [0.05, 0.1) is 38.0 Å². The van der Waals surface area contributed by atoms with Crippen LogP contribution in [-0.4, -0.2) is 76.5 Å². The molecule has 1 aliphatic rings. The third kappa shape index (κ3) is 5.42. The molecule has 1 aliphatic heterocycles. The van der Waals surface area contributed by atoms with Crippen LogP contribution < -0.4 is 0 Å². The molecule has 0 fully saturated rings. The van der Waals surface area contributed by atoms with Crippen molar-refractivity contribution < 1.29 is 24.2 Å². The quantitative estimate of drug-likeness (QED) is 0.527. The van der Waals surface area contributed by atoms with Gasteiger partial charge in [-0.25, -0.2) is 4.79 Å². The lowest BCUT2D eigenvalue weighted by Crippen LogP contribution is -2.48. The highest BCUT2D eigenvalue weighted by atomic mass is 16.6. The fourth-order valence-electron chi connectivity index (χ4n) is 5.16. The van der Waals surface area contributed by atoms with Crippen LogP contribution >= 0.6 is 0 Å². The minimum absolute atomic E-state index is 0.134. The highest BCUT2D eigenvalue weighted by molar-refractivity contribution is 6.10. The maximum Gasteiger partial charge on any atom is 0.409 e. The lowest BCUT2D eigenvalue weighted by atomic mass is 9.96. The zero-order valence-corrected chi connectivity index (χ0v) is 23.2. The van der Waals surface area contributed by atoms with Gasteiger partial charge in [-0.2, -0.15) is 0 Å². The molecule has 0 radical (unpaired) electrons. The van der Waals surface area contributed by atoms with E-state index in [1.807, 2.05) is 87.8 Å². The Morgan fingerprint density at radius 2 is 1.84 bits per heavy atom. The van der Waals surface area contributed by atoms with Gasteiger partial charge in [-0.1, -0.05) is 49.4 Å². The summed E-state index contributed by atoms with van der Waals surface area (Å²) in [4.78, 5) is 30.2. The van der Waals surface area contributed by atoms with Gasteiger partial charge in [-0.05, 0) is 38.0 Å². The van der Waals surface area contributed by atoms with Crippen LogP contribution in [0.1, 0.15) is 43.7 Å². The summed E-state index contributed by atoms with van der Waals surface area (Å²) in [7, 11) is 3.61. The summed E-state index contributed by atoms with van der Waals surface area (Å²) in [5.41, 5.74) is 4.32. The number of nitrogens with zero attached hydrogens (tertiary/aromatic N) is 3. The first-order valence-electron chi connectivity index (χ1n) is 13.2. The van der Waals surface area contributed by atoms with Gasteiger partial charge in [0.1, 0.15) is 5.69 Å². The van der Waals surface area contributed by atoms with E-state index in [-0.39, 0.29) is 30.6 Å². The molecule has 4 rings (SSSR count). The van der Waals surface area contributed by atoms with E-state index in [2.05, 4.69) is 0 Å². The highest BCUT2D eigenvalue weighted by Gasteiger charge is 2.34. The van der Waals surface area contributed by atoms with Crippen molar-refractivity contribution in [3.05, 3.63) is 59.8 Å². The number of carbonyl (C=O) groups is 2. The second-order valence-electron chi connectivity index (χ2n) is 10.6. The summed E-state index contributed by atoms with van der Waals surface area (Å²) in [5, 5.41) is 11.1. The summed E-state index contributed by atoms with van der Waals surface area (Å²) in [6, 6.07) is 15.6. The minimum atomic E-state index is -0.416. The Hall–Kier alpha value is -3.36. The molecule has 1 N–H and O–H groups in total. The first kappa shape index (κ1) is 27.7. The van der Waals surface area contributed by atoms with Crippen molar-refractivity contribution in [3.8, 4) is 11.1 Å². The minimum Gasteiger partial charge on any atom is -0.447 e. The molecule has 0 spiro atoms. The summed E-state index contributed by atoms with van der Waals surface area (Å²) in [6.07, 6.45) is -1.01. The average molecular weight is 522 g/mol. The number of fused-ring (bicyclic) bond motifs is 5. The molecular weight excluding hydrogens is 482 g/mol. The third-order valence-electron chi connectivity index (χ3n) is 7.33. The van der Waals surface area contributed by atoms with Gasteiger partial charge in [0.25, 0.3) is 5.91 Å². The number of hydrogen-bond donors (Lipinski definition) is 1. The predicted octanol–water partition coefficient (Wildman–Crippen LogP) is 4.68. The molecule has 1 aromatic heterocycles. The van der Waals surface area contributed by atoms with E-state index in [0.29, 0.717) is 25.4 Å². The van der Waals surface area contributed by atoms with Crippen LogP contribution in [0.2, 0.25) is 0 Å². The fraction of sp³-hybridized carbons (Fsp3) is 0.467. The largest absolute Gasteiger partial charge is 0.447 e. The van der Waals surface area contributed by atoms with Gasteiger partial charge in [-0.15, -0.1) is 0 Å².